The first kappa shape index (κ1) is 13.3. The minimum Gasteiger partial charge on any atom is -0.0654 e. The molecule has 1 rings (SSSR count). The molecule has 16 heavy (non-hydrogen) atoms. The Morgan fingerprint density at radius 2 is 1.69 bits per heavy atom. The average molecular weight is 217 g/mol. The van der Waals surface area contributed by atoms with Crippen LogP contribution in [0.25, 0.3) is 0 Å². The van der Waals surface area contributed by atoms with Crippen LogP contribution in [-0.4, -0.2) is 0 Å². The van der Waals surface area contributed by atoms with E-state index in [9.17, 15) is 0 Å². The van der Waals surface area contributed by atoms with Crippen LogP contribution in [0.2, 0.25) is 0 Å². The summed E-state index contributed by atoms with van der Waals surface area (Å²) in [7, 11) is 0. The second-order valence-corrected chi connectivity index (χ2v) is 4.78. The molecule has 0 spiro atoms. The summed E-state index contributed by atoms with van der Waals surface area (Å²) in [4.78, 5) is 0. The minimum absolute atomic E-state index is 1.21. The van der Waals surface area contributed by atoms with Crippen molar-refractivity contribution in [3.63, 3.8) is 0 Å². The van der Waals surface area contributed by atoms with Gasteiger partial charge in [-0.2, -0.15) is 0 Å². The van der Waals surface area contributed by atoms with Gasteiger partial charge in [0.05, 0.1) is 0 Å². The Balaban J connectivity index is 2.24. The van der Waals surface area contributed by atoms with Gasteiger partial charge in [-0.25, -0.2) is 0 Å². The lowest BCUT2D eigenvalue weighted by molar-refractivity contribution is 0.607. The number of aryl methyl sites for hydroxylation is 2. The highest BCUT2D eigenvalue weighted by atomic mass is 14.1. The highest BCUT2D eigenvalue weighted by Gasteiger charge is 2.00. The van der Waals surface area contributed by atoms with Crippen LogP contribution in [0.5, 0.6) is 0 Å². The lowest BCUT2D eigenvalue weighted by atomic mass is 9.98. The number of hydrogen-bond acceptors (Lipinski definition) is 0. The molecule has 0 atom stereocenters. The third kappa shape index (κ3) is 4.38. The SMILES string of the molecule is CCCCCCCCc1[c]ccc(C)c1C. The third-order valence-corrected chi connectivity index (χ3v) is 3.42. The maximum absolute atomic E-state index is 3.38. The number of unbranched alkanes of at least 4 members (excludes halogenated alkanes) is 5. The van der Waals surface area contributed by atoms with E-state index in [-0.39, 0.29) is 0 Å². The fourth-order valence-electron chi connectivity index (χ4n) is 2.08. The smallest absolute Gasteiger partial charge is 0.0146 e. The van der Waals surface area contributed by atoms with Crippen LogP contribution >= 0.6 is 0 Å². The zero-order chi connectivity index (χ0) is 11.8. The lowest BCUT2D eigenvalue weighted by Crippen LogP contribution is -1.93. The van der Waals surface area contributed by atoms with Crippen LogP contribution in [0, 0.1) is 19.9 Å². The van der Waals surface area contributed by atoms with Gasteiger partial charge in [0.25, 0.3) is 0 Å². The van der Waals surface area contributed by atoms with E-state index in [0.717, 1.165) is 0 Å². The monoisotopic (exact) mass is 217 g/mol. The number of rotatable bonds is 7. The Bertz CT molecular complexity index is 299. The Hall–Kier alpha value is -0.780. The molecule has 0 bridgehead atoms. The van der Waals surface area contributed by atoms with Crippen molar-refractivity contribution in [2.24, 2.45) is 0 Å². The minimum atomic E-state index is 1.21. The topological polar surface area (TPSA) is 0 Å². The van der Waals surface area contributed by atoms with Crippen molar-refractivity contribution in [3.8, 4) is 0 Å². The number of benzene rings is 1. The van der Waals surface area contributed by atoms with Gasteiger partial charge in [-0.15, -0.1) is 0 Å². The van der Waals surface area contributed by atoms with Crippen LogP contribution in [0.15, 0.2) is 12.1 Å². The van der Waals surface area contributed by atoms with Gasteiger partial charge >= 0.3 is 0 Å². The average Bonchev–Trinajstić information content (AvgIpc) is 2.29. The zero-order valence-electron chi connectivity index (χ0n) is 11.1. The molecule has 0 heteroatoms. The fraction of sp³-hybridized carbons (Fsp3) is 0.625. The Kier molecular flexibility index (Phi) is 6.22. The summed E-state index contributed by atoms with van der Waals surface area (Å²) in [5, 5.41) is 0. The van der Waals surface area contributed by atoms with Crippen LogP contribution < -0.4 is 0 Å². The van der Waals surface area contributed by atoms with Gasteiger partial charge < -0.3 is 0 Å². The molecule has 0 unspecified atom stereocenters. The summed E-state index contributed by atoms with van der Waals surface area (Å²) >= 11 is 0. The van der Waals surface area contributed by atoms with Gasteiger partial charge in [-0.05, 0) is 49.4 Å². The molecule has 0 saturated heterocycles. The molecule has 0 N–H and O–H groups in total. The molecule has 0 heterocycles. The zero-order valence-corrected chi connectivity index (χ0v) is 11.1. The number of hydrogen-bond donors (Lipinski definition) is 0. The predicted octanol–water partition coefficient (Wildman–Crippen LogP) is 5.01. The molecule has 0 aliphatic carbocycles. The first-order valence-electron chi connectivity index (χ1n) is 6.72. The summed E-state index contributed by atoms with van der Waals surface area (Å²) < 4.78 is 0. The van der Waals surface area contributed by atoms with Gasteiger partial charge in [-0.1, -0.05) is 51.2 Å². The second-order valence-electron chi connectivity index (χ2n) is 4.78. The Morgan fingerprint density at radius 1 is 1.00 bits per heavy atom. The highest BCUT2D eigenvalue weighted by Crippen LogP contribution is 2.15. The van der Waals surface area contributed by atoms with Crippen molar-refractivity contribution >= 4 is 0 Å². The van der Waals surface area contributed by atoms with Crippen LogP contribution in [0.4, 0.5) is 0 Å². The first-order valence-corrected chi connectivity index (χ1v) is 6.72. The Labute approximate surface area is 101 Å². The molecule has 0 aromatic heterocycles. The van der Waals surface area contributed by atoms with E-state index in [1.165, 1.54) is 61.6 Å². The second kappa shape index (κ2) is 7.49. The summed E-state index contributed by atoms with van der Waals surface area (Å²) in [6.45, 7) is 6.68. The lowest BCUT2D eigenvalue weighted by Gasteiger charge is -2.07. The summed E-state index contributed by atoms with van der Waals surface area (Å²) in [5.41, 5.74) is 4.27. The van der Waals surface area contributed by atoms with Crippen LogP contribution in [0.3, 0.4) is 0 Å². The van der Waals surface area contributed by atoms with Crippen LogP contribution in [-0.2, 0) is 6.42 Å². The van der Waals surface area contributed by atoms with Gasteiger partial charge in [0.15, 0.2) is 0 Å². The Morgan fingerprint density at radius 3 is 2.44 bits per heavy atom. The standard InChI is InChI=1S/C16H25/c1-4-5-6-7-8-9-12-16-13-10-11-14(2)15(16)3/h10-11H,4-9,12H2,1-3H3. The molecule has 1 aromatic rings. The van der Waals surface area contributed by atoms with E-state index in [1.807, 2.05) is 0 Å². The molecule has 0 aliphatic rings. The van der Waals surface area contributed by atoms with E-state index in [4.69, 9.17) is 0 Å². The van der Waals surface area contributed by atoms with Gasteiger partial charge in [0.1, 0.15) is 0 Å². The van der Waals surface area contributed by atoms with E-state index >= 15 is 0 Å². The maximum Gasteiger partial charge on any atom is -0.0146 e. The summed E-state index contributed by atoms with van der Waals surface area (Å²) in [6, 6.07) is 7.60. The van der Waals surface area contributed by atoms with Crippen molar-refractivity contribution in [1.29, 1.82) is 0 Å². The molecular weight excluding hydrogens is 192 g/mol. The van der Waals surface area contributed by atoms with E-state index in [1.54, 1.807) is 0 Å². The molecule has 0 amide bonds. The van der Waals surface area contributed by atoms with Gasteiger partial charge in [-0.3, -0.25) is 0 Å². The normalized spacial score (nSPS) is 10.7. The van der Waals surface area contributed by atoms with Crippen molar-refractivity contribution < 1.29 is 0 Å². The molecule has 1 radical (unpaired) electrons. The molecule has 89 valence electrons. The van der Waals surface area contributed by atoms with Crippen LogP contribution in [0.1, 0.15) is 62.1 Å². The largest absolute Gasteiger partial charge is 0.0654 e. The molecular formula is C16H25. The molecule has 0 saturated carbocycles. The third-order valence-electron chi connectivity index (χ3n) is 3.42. The van der Waals surface area contributed by atoms with E-state index < -0.39 is 0 Å². The molecule has 0 aliphatic heterocycles. The predicted molar refractivity (Wildman–Crippen MR) is 71.8 cm³/mol. The first-order chi connectivity index (χ1) is 7.75. The summed E-state index contributed by atoms with van der Waals surface area (Å²) in [6.07, 6.45) is 9.46. The van der Waals surface area contributed by atoms with E-state index in [0.29, 0.717) is 0 Å². The quantitative estimate of drug-likeness (QED) is 0.563. The van der Waals surface area contributed by atoms with Gasteiger partial charge in [0, 0.05) is 0 Å². The van der Waals surface area contributed by atoms with Crippen molar-refractivity contribution in [2.45, 2.75) is 65.7 Å². The summed E-state index contributed by atoms with van der Waals surface area (Å²) in [5.74, 6) is 0. The van der Waals surface area contributed by atoms with Crippen molar-refractivity contribution in [3.05, 3.63) is 34.9 Å². The molecule has 0 nitrogen and oxygen atoms in total. The van der Waals surface area contributed by atoms with Gasteiger partial charge in [0.2, 0.25) is 0 Å². The van der Waals surface area contributed by atoms with Crippen molar-refractivity contribution in [1.82, 2.24) is 0 Å². The van der Waals surface area contributed by atoms with Crippen molar-refractivity contribution in [2.75, 3.05) is 0 Å². The van der Waals surface area contributed by atoms with E-state index in [2.05, 4.69) is 39.0 Å². The highest BCUT2D eigenvalue weighted by molar-refractivity contribution is 5.32. The molecule has 0 fully saturated rings. The molecule has 1 aromatic carbocycles. The maximum atomic E-state index is 3.38. The fourth-order valence-corrected chi connectivity index (χ4v) is 2.08.